The Balaban J connectivity index is 2.07. The fraction of sp³-hybridized carbons (Fsp3) is 0.250. The van der Waals surface area contributed by atoms with Gasteiger partial charge in [-0.25, -0.2) is 4.39 Å². The number of phenolic OH excluding ortho intramolecular Hbond substituents is 1. The summed E-state index contributed by atoms with van der Waals surface area (Å²) in [6, 6.07) is 6.76. The van der Waals surface area contributed by atoms with E-state index in [9.17, 15) is 14.3 Å². The van der Waals surface area contributed by atoms with Gasteiger partial charge in [0.2, 0.25) is 0 Å². The largest absolute Gasteiger partial charge is 0.507 e. The molecule has 0 aliphatic rings. The molecule has 2 N–H and O–H groups in total. The molecule has 2 aromatic rings. The van der Waals surface area contributed by atoms with E-state index >= 15 is 0 Å². The number of rotatable bonds is 6. The maximum Gasteiger partial charge on any atom is 0.252 e. The molecular formula is C16H17FN2O3. The molecule has 0 atom stereocenters. The lowest BCUT2D eigenvalue weighted by atomic mass is 10.1. The van der Waals surface area contributed by atoms with Crippen molar-refractivity contribution >= 4 is 5.91 Å². The lowest BCUT2D eigenvalue weighted by Crippen LogP contribution is -2.27. The first-order chi connectivity index (χ1) is 10.6. The van der Waals surface area contributed by atoms with Gasteiger partial charge in [0.05, 0.1) is 17.9 Å². The van der Waals surface area contributed by atoms with Crippen LogP contribution in [0.5, 0.6) is 5.75 Å². The molecule has 5 nitrogen and oxygen atoms in total. The number of carbonyl (C=O) groups excluding carboxylic acids is 1. The van der Waals surface area contributed by atoms with E-state index in [2.05, 4.69) is 10.3 Å². The van der Waals surface area contributed by atoms with Gasteiger partial charge in [-0.3, -0.25) is 9.78 Å². The third-order valence-corrected chi connectivity index (χ3v) is 3.00. The molecule has 1 aromatic heterocycles. The van der Waals surface area contributed by atoms with Crippen molar-refractivity contribution in [3.63, 3.8) is 0 Å². The Morgan fingerprint density at radius 3 is 2.86 bits per heavy atom. The van der Waals surface area contributed by atoms with E-state index < -0.39 is 5.82 Å². The molecular weight excluding hydrogens is 287 g/mol. The van der Waals surface area contributed by atoms with Crippen molar-refractivity contribution in [2.24, 2.45) is 0 Å². The van der Waals surface area contributed by atoms with Gasteiger partial charge < -0.3 is 15.2 Å². The predicted molar refractivity (Wildman–Crippen MR) is 80.1 cm³/mol. The monoisotopic (exact) mass is 304 g/mol. The number of pyridine rings is 1. The molecule has 116 valence electrons. The molecule has 0 radical (unpaired) electrons. The first kappa shape index (κ1) is 15.9. The molecule has 0 saturated heterocycles. The number of ether oxygens (including phenoxy) is 1. The first-order valence-electron chi connectivity index (χ1n) is 6.92. The van der Waals surface area contributed by atoms with Crippen LogP contribution in [-0.4, -0.2) is 35.8 Å². The van der Waals surface area contributed by atoms with Gasteiger partial charge in [0.1, 0.15) is 11.6 Å². The number of nitrogens with zero attached hydrogens (tertiary/aromatic N) is 1. The van der Waals surface area contributed by atoms with Crippen LogP contribution in [0.3, 0.4) is 0 Å². The summed E-state index contributed by atoms with van der Waals surface area (Å²) in [5.74, 6) is -0.794. The Bertz CT molecular complexity index is 644. The molecule has 0 spiro atoms. The summed E-state index contributed by atoms with van der Waals surface area (Å²) >= 11 is 0. The van der Waals surface area contributed by atoms with E-state index in [1.807, 2.05) is 6.92 Å². The van der Waals surface area contributed by atoms with Gasteiger partial charge in [-0.2, -0.15) is 0 Å². The predicted octanol–water partition coefficient (Wildman–Crippen LogP) is 2.36. The number of carbonyl (C=O) groups is 1. The van der Waals surface area contributed by atoms with Crippen molar-refractivity contribution in [2.45, 2.75) is 6.92 Å². The molecule has 1 amide bonds. The van der Waals surface area contributed by atoms with Gasteiger partial charge in [0.25, 0.3) is 5.91 Å². The third-order valence-electron chi connectivity index (χ3n) is 3.00. The maximum atomic E-state index is 13.2. The van der Waals surface area contributed by atoms with Crippen LogP contribution in [0.15, 0.2) is 36.5 Å². The quantitative estimate of drug-likeness (QED) is 0.804. The van der Waals surface area contributed by atoms with Crippen molar-refractivity contribution in [3.05, 3.63) is 47.9 Å². The van der Waals surface area contributed by atoms with E-state index in [0.717, 1.165) is 0 Å². The van der Waals surface area contributed by atoms with Crippen LogP contribution < -0.4 is 5.32 Å². The fourth-order valence-electron chi connectivity index (χ4n) is 1.88. The van der Waals surface area contributed by atoms with Gasteiger partial charge in [-0.05, 0) is 37.3 Å². The van der Waals surface area contributed by atoms with Crippen molar-refractivity contribution in [1.82, 2.24) is 10.3 Å². The van der Waals surface area contributed by atoms with E-state index in [4.69, 9.17) is 4.74 Å². The summed E-state index contributed by atoms with van der Waals surface area (Å²) in [4.78, 5) is 16.0. The van der Waals surface area contributed by atoms with Gasteiger partial charge in [-0.15, -0.1) is 0 Å². The van der Waals surface area contributed by atoms with Crippen LogP contribution >= 0.6 is 0 Å². The lowest BCUT2D eigenvalue weighted by molar-refractivity contribution is 0.0922. The van der Waals surface area contributed by atoms with Crippen LogP contribution in [0.2, 0.25) is 0 Å². The highest BCUT2D eigenvalue weighted by Gasteiger charge is 2.10. The van der Waals surface area contributed by atoms with E-state index in [1.54, 1.807) is 12.1 Å². The summed E-state index contributed by atoms with van der Waals surface area (Å²) in [6.45, 7) is 3.35. The molecule has 0 aliphatic carbocycles. The summed E-state index contributed by atoms with van der Waals surface area (Å²) in [6.07, 6.45) is 1.38. The average Bonchev–Trinajstić information content (AvgIpc) is 2.54. The fourth-order valence-corrected chi connectivity index (χ4v) is 1.88. The summed E-state index contributed by atoms with van der Waals surface area (Å²) in [5, 5.41) is 12.4. The van der Waals surface area contributed by atoms with E-state index in [1.165, 1.54) is 24.4 Å². The molecule has 0 fully saturated rings. The van der Waals surface area contributed by atoms with Gasteiger partial charge in [-0.1, -0.05) is 0 Å². The zero-order chi connectivity index (χ0) is 15.9. The number of aromatic hydroxyl groups is 1. The highest BCUT2D eigenvalue weighted by molar-refractivity contribution is 5.94. The normalized spacial score (nSPS) is 10.5. The standard InChI is InChI=1S/C16H17FN2O3/c1-2-22-8-7-18-16(21)11-3-5-14(19-10-11)13-9-12(17)4-6-15(13)20/h3-6,9-10,20H,2,7-8H2,1H3,(H,18,21). The number of nitrogens with one attached hydrogen (secondary N) is 1. The molecule has 1 aromatic carbocycles. The second-order valence-electron chi connectivity index (χ2n) is 4.55. The van der Waals surface area contributed by atoms with Crippen LogP contribution in [0.4, 0.5) is 4.39 Å². The highest BCUT2D eigenvalue weighted by atomic mass is 19.1. The number of hydrogen-bond donors (Lipinski definition) is 2. The number of amides is 1. The summed E-state index contributed by atoms with van der Waals surface area (Å²) < 4.78 is 18.4. The summed E-state index contributed by atoms with van der Waals surface area (Å²) in [5.41, 5.74) is 1.06. The van der Waals surface area contributed by atoms with Crippen LogP contribution in [0.25, 0.3) is 11.3 Å². The Hall–Kier alpha value is -2.47. The number of hydrogen-bond acceptors (Lipinski definition) is 4. The minimum Gasteiger partial charge on any atom is -0.507 e. The summed E-state index contributed by atoms with van der Waals surface area (Å²) in [7, 11) is 0. The van der Waals surface area contributed by atoms with Gasteiger partial charge in [0, 0.05) is 24.9 Å². The van der Waals surface area contributed by atoms with E-state index in [-0.39, 0.29) is 17.2 Å². The first-order valence-corrected chi connectivity index (χ1v) is 6.92. The molecule has 22 heavy (non-hydrogen) atoms. The smallest absolute Gasteiger partial charge is 0.252 e. The lowest BCUT2D eigenvalue weighted by Gasteiger charge is -2.07. The zero-order valence-electron chi connectivity index (χ0n) is 12.2. The van der Waals surface area contributed by atoms with Gasteiger partial charge >= 0.3 is 0 Å². The highest BCUT2D eigenvalue weighted by Crippen LogP contribution is 2.28. The van der Waals surface area contributed by atoms with Crippen molar-refractivity contribution < 1.29 is 19.0 Å². The SMILES string of the molecule is CCOCCNC(=O)c1ccc(-c2cc(F)ccc2O)nc1. The molecule has 0 aliphatic heterocycles. The third kappa shape index (κ3) is 4.02. The van der Waals surface area contributed by atoms with Crippen LogP contribution in [0.1, 0.15) is 17.3 Å². The van der Waals surface area contributed by atoms with Crippen LogP contribution in [0, 0.1) is 5.82 Å². The number of halogens is 1. The van der Waals surface area contributed by atoms with Gasteiger partial charge in [0.15, 0.2) is 0 Å². The minimum atomic E-state index is -0.465. The minimum absolute atomic E-state index is 0.0668. The molecule has 0 unspecified atom stereocenters. The second-order valence-corrected chi connectivity index (χ2v) is 4.55. The molecule has 0 saturated carbocycles. The molecule has 0 bridgehead atoms. The Morgan fingerprint density at radius 2 is 2.18 bits per heavy atom. The molecule has 6 heteroatoms. The zero-order valence-corrected chi connectivity index (χ0v) is 12.2. The number of benzene rings is 1. The Kier molecular flexibility index (Phi) is 5.43. The van der Waals surface area contributed by atoms with Crippen molar-refractivity contribution in [3.8, 4) is 17.0 Å². The average molecular weight is 304 g/mol. The molecule has 2 rings (SSSR count). The van der Waals surface area contributed by atoms with Crippen molar-refractivity contribution in [1.29, 1.82) is 0 Å². The van der Waals surface area contributed by atoms with Crippen molar-refractivity contribution in [2.75, 3.05) is 19.8 Å². The number of phenols is 1. The second kappa shape index (κ2) is 7.51. The Morgan fingerprint density at radius 1 is 1.36 bits per heavy atom. The van der Waals surface area contributed by atoms with Crippen LogP contribution in [-0.2, 0) is 4.74 Å². The molecule has 1 heterocycles. The number of aromatic nitrogens is 1. The topological polar surface area (TPSA) is 71.5 Å². The van der Waals surface area contributed by atoms with E-state index in [0.29, 0.717) is 31.0 Å². The maximum absolute atomic E-state index is 13.2. The Labute approximate surface area is 127 Å².